The minimum atomic E-state index is -0.380. The smallest absolute Gasteiger partial charge is 0.318 e. The van der Waals surface area contributed by atoms with Crippen molar-refractivity contribution in [3.05, 3.63) is 47.5 Å². The molecule has 0 saturated carbocycles. The molecule has 0 aromatic heterocycles. The number of carbonyl (C=O) groups is 1. The summed E-state index contributed by atoms with van der Waals surface area (Å²) in [5, 5.41) is 6.49. The molecule has 3 rings (SSSR count). The zero-order chi connectivity index (χ0) is 13.4. The average molecular weight is 251 g/mol. The molecular weight excluding hydrogens is 237 g/mol. The fourth-order valence-corrected chi connectivity index (χ4v) is 2.79. The topological polar surface area (TPSA) is 38.7 Å². The van der Waals surface area contributed by atoms with Gasteiger partial charge in [0.1, 0.15) is 7.85 Å². The van der Waals surface area contributed by atoms with E-state index in [4.69, 9.17) is 4.84 Å². The van der Waals surface area contributed by atoms with Crippen LogP contribution in [0.15, 0.2) is 41.6 Å². The van der Waals surface area contributed by atoms with Gasteiger partial charge in [-0.25, -0.2) is 4.79 Å². The van der Waals surface area contributed by atoms with Crippen LogP contribution in [0.2, 0.25) is 0 Å². The van der Waals surface area contributed by atoms with E-state index in [1.165, 1.54) is 23.3 Å². The first-order valence-electron chi connectivity index (χ1n) is 6.43. The van der Waals surface area contributed by atoms with Crippen molar-refractivity contribution in [2.45, 2.75) is 19.2 Å². The third-order valence-corrected chi connectivity index (χ3v) is 3.56. The number of fused-ring (bicyclic) bond motifs is 3. The van der Waals surface area contributed by atoms with E-state index in [0.717, 1.165) is 17.7 Å². The van der Waals surface area contributed by atoms with Crippen molar-refractivity contribution in [2.24, 2.45) is 5.16 Å². The van der Waals surface area contributed by atoms with Crippen LogP contribution in [0.1, 0.15) is 30.3 Å². The first kappa shape index (κ1) is 12.0. The normalized spacial score (nSPS) is 19.6. The Kier molecular flexibility index (Phi) is 2.86. The second kappa shape index (κ2) is 4.54. The largest absolute Gasteiger partial charge is 0.331 e. The Balaban J connectivity index is 2.16. The van der Waals surface area contributed by atoms with Gasteiger partial charge < -0.3 is 4.84 Å². The molecule has 1 aliphatic carbocycles. The van der Waals surface area contributed by atoms with E-state index in [-0.39, 0.29) is 5.97 Å². The third-order valence-electron chi connectivity index (χ3n) is 3.56. The van der Waals surface area contributed by atoms with E-state index < -0.39 is 0 Å². The Labute approximate surface area is 112 Å². The summed E-state index contributed by atoms with van der Waals surface area (Å²) >= 11 is 0. The Bertz CT molecular complexity index is 694. The monoisotopic (exact) mass is 251 g/mol. The first-order chi connectivity index (χ1) is 9.16. The van der Waals surface area contributed by atoms with Gasteiger partial charge in [0.25, 0.3) is 0 Å². The molecule has 0 heterocycles. The Morgan fingerprint density at radius 3 is 2.89 bits per heavy atom. The maximum absolute atomic E-state index is 10.9. The summed E-state index contributed by atoms with van der Waals surface area (Å²) < 4.78 is 0. The molecule has 0 radical (unpaired) electrons. The van der Waals surface area contributed by atoms with Crippen LogP contribution >= 0.6 is 0 Å². The van der Waals surface area contributed by atoms with Crippen LogP contribution in [0.25, 0.3) is 10.8 Å². The summed E-state index contributed by atoms with van der Waals surface area (Å²) in [5.74, 6) is 0.0183. The van der Waals surface area contributed by atoms with Crippen molar-refractivity contribution in [3.63, 3.8) is 0 Å². The van der Waals surface area contributed by atoms with Crippen LogP contribution in [-0.4, -0.2) is 19.5 Å². The molecule has 3 nitrogen and oxygen atoms in total. The second-order valence-corrected chi connectivity index (χ2v) is 4.97. The molecule has 19 heavy (non-hydrogen) atoms. The molecule has 0 fully saturated rings. The zero-order valence-corrected chi connectivity index (χ0v) is 11.0. The van der Waals surface area contributed by atoms with E-state index in [2.05, 4.69) is 43.3 Å². The highest BCUT2D eigenvalue weighted by molar-refractivity contribution is 6.22. The number of benzene rings is 2. The minimum Gasteiger partial charge on any atom is -0.318 e. The summed E-state index contributed by atoms with van der Waals surface area (Å²) in [4.78, 5) is 15.7. The molecule has 2 aromatic rings. The van der Waals surface area contributed by atoms with Gasteiger partial charge in [0.15, 0.2) is 0 Å². The van der Waals surface area contributed by atoms with Crippen LogP contribution in [0.5, 0.6) is 0 Å². The lowest BCUT2D eigenvalue weighted by atomic mass is 9.80. The van der Waals surface area contributed by atoms with Gasteiger partial charge in [0.2, 0.25) is 0 Å². The van der Waals surface area contributed by atoms with Crippen molar-refractivity contribution in [3.8, 4) is 0 Å². The molecule has 4 heteroatoms. The second-order valence-electron chi connectivity index (χ2n) is 4.97. The number of carbonyl (C=O) groups excluding carboxylic acids is 1. The SMILES string of the molecule is BC1C/C(=N\OC(C)=O)c2ccc3ccccc3c21. The van der Waals surface area contributed by atoms with Crippen LogP contribution in [0.4, 0.5) is 0 Å². The number of oxime groups is 1. The van der Waals surface area contributed by atoms with E-state index in [0.29, 0.717) is 5.82 Å². The fourth-order valence-electron chi connectivity index (χ4n) is 2.79. The molecule has 1 unspecified atom stereocenters. The van der Waals surface area contributed by atoms with Crippen LogP contribution < -0.4 is 0 Å². The summed E-state index contributed by atoms with van der Waals surface area (Å²) in [6.07, 6.45) is 0.816. The van der Waals surface area contributed by atoms with Crippen molar-refractivity contribution in [1.82, 2.24) is 0 Å². The molecule has 0 spiro atoms. The fraction of sp³-hybridized carbons (Fsp3) is 0.200. The summed E-state index contributed by atoms with van der Waals surface area (Å²) in [6, 6.07) is 12.5. The molecule has 2 aromatic carbocycles. The van der Waals surface area contributed by atoms with Crippen molar-refractivity contribution >= 4 is 30.3 Å². The molecule has 0 N–H and O–H groups in total. The molecule has 1 atom stereocenters. The predicted octanol–water partition coefficient (Wildman–Crippen LogP) is 2.18. The Hall–Kier alpha value is -2.10. The van der Waals surface area contributed by atoms with Gasteiger partial charge in [-0.3, -0.25) is 0 Å². The van der Waals surface area contributed by atoms with Gasteiger partial charge in [-0.2, -0.15) is 0 Å². The lowest BCUT2D eigenvalue weighted by Crippen LogP contribution is -2.00. The van der Waals surface area contributed by atoms with E-state index in [1.807, 2.05) is 6.07 Å². The number of nitrogens with zero attached hydrogens (tertiary/aromatic N) is 1. The van der Waals surface area contributed by atoms with Crippen molar-refractivity contribution in [1.29, 1.82) is 0 Å². The van der Waals surface area contributed by atoms with Crippen LogP contribution in [-0.2, 0) is 9.63 Å². The van der Waals surface area contributed by atoms with Gasteiger partial charge in [-0.05, 0) is 28.6 Å². The van der Waals surface area contributed by atoms with Crippen molar-refractivity contribution in [2.75, 3.05) is 0 Å². The van der Waals surface area contributed by atoms with Gasteiger partial charge in [0.05, 0.1) is 5.71 Å². The summed E-state index contributed by atoms with van der Waals surface area (Å²) in [6.45, 7) is 1.36. The lowest BCUT2D eigenvalue weighted by molar-refractivity contribution is -0.140. The van der Waals surface area contributed by atoms with Crippen LogP contribution in [0.3, 0.4) is 0 Å². The molecule has 0 amide bonds. The van der Waals surface area contributed by atoms with E-state index in [1.54, 1.807) is 0 Å². The maximum atomic E-state index is 10.9. The minimum absolute atomic E-state index is 0.380. The average Bonchev–Trinajstić information content (AvgIpc) is 2.73. The number of hydrogen-bond donors (Lipinski definition) is 0. The molecule has 0 aliphatic heterocycles. The summed E-state index contributed by atoms with van der Waals surface area (Å²) in [5.41, 5.74) is 3.28. The highest BCUT2D eigenvalue weighted by Crippen LogP contribution is 2.36. The third kappa shape index (κ3) is 2.03. The van der Waals surface area contributed by atoms with E-state index in [9.17, 15) is 4.79 Å². The zero-order valence-electron chi connectivity index (χ0n) is 11.0. The maximum Gasteiger partial charge on any atom is 0.331 e. The van der Waals surface area contributed by atoms with Gasteiger partial charge in [-0.1, -0.05) is 41.6 Å². The standard InChI is InChI=1S/C15H14BNO2/c1-9(18)19-17-14-8-13(16)15-11-5-3-2-4-10(11)6-7-12(14)15/h2-7,13H,8,16H2,1H3/b17-14+. The van der Waals surface area contributed by atoms with Gasteiger partial charge in [0, 0.05) is 12.5 Å². The van der Waals surface area contributed by atoms with Crippen LogP contribution in [0, 0.1) is 0 Å². The van der Waals surface area contributed by atoms with Crippen molar-refractivity contribution < 1.29 is 9.63 Å². The molecule has 94 valence electrons. The predicted molar refractivity (Wildman–Crippen MR) is 78.2 cm³/mol. The number of rotatable bonds is 1. The van der Waals surface area contributed by atoms with E-state index >= 15 is 0 Å². The molecular formula is C15H14BNO2. The number of hydrogen-bond acceptors (Lipinski definition) is 3. The molecule has 0 bridgehead atoms. The quantitative estimate of drug-likeness (QED) is 0.442. The van der Waals surface area contributed by atoms with Gasteiger partial charge >= 0.3 is 5.97 Å². The first-order valence-corrected chi connectivity index (χ1v) is 6.43. The lowest BCUT2D eigenvalue weighted by Gasteiger charge is -2.08. The molecule has 1 aliphatic rings. The highest BCUT2D eigenvalue weighted by Gasteiger charge is 2.26. The van der Waals surface area contributed by atoms with Gasteiger partial charge in [-0.15, -0.1) is 0 Å². The molecule has 0 saturated heterocycles. The Morgan fingerprint density at radius 2 is 2.11 bits per heavy atom. The highest BCUT2D eigenvalue weighted by atomic mass is 16.7. The summed E-state index contributed by atoms with van der Waals surface area (Å²) in [7, 11) is 2.18. The Morgan fingerprint density at radius 1 is 1.32 bits per heavy atom.